The van der Waals surface area contributed by atoms with Gasteiger partial charge in [0.25, 0.3) is 0 Å². The van der Waals surface area contributed by atoms with Crippen LogP contribution in [0.2, 0.25) is 0 Å². The summed E-state index contributed by atoms with van der Waals surface area (Å²) < 4.78 is 5.37. The first-order chi connectivity index (χ1) is 7.69. The molecule has 0 aliphatic carbocycles. The lowest BCUT2D eigenvalue weighted by molar-refractivity contribution is 0.459. The molecule has 0 amide bonds. The van der Waals surface area contributed by atoms with Crippen LogP contribution in [0.1, 0.15) is 28.5 Å². The highest BCUT2D eigenvalue weighted by Crippen LogP contribution is 2.14. The van der Waals surface area contributed by atoms with Crippen LogP contribution in [0, 0.1) is 13.8 Å². The smallest absolute Gasteiger partial charge is 0.230 e. The molecule has 0 spiro atoms. The summed E-state index contributed by atoms with van der Waals surface area (Å²) in [6.45, 7) is 4.46. The summed E-state index contributed by atoms with van der Waals surface area (Å²) in [4.78, 5) is 0. The van der Waals surface area contributed by atoms with Crippen LogP contribution in [0.25, 0.3) is 0 Å². The van der Waals surface area contributed by atoms with E-state index < -0.39 is 0 Å². The van der Waals surface area contributed by atoms with Gasteiger partial charge in [-0.3, -0.25) is 0 Å². The summed E-state index contributed by atoms with van der Waals surface area (Å²) in [5, 5.41) is 7.79. The van der Waals surface area contributed by atoms with Gasteiger partial charge in [-0.2, -0.15) is 0 Å². The van der Waals surface area contributed by atoms with E-state index in [4.69, 9.17) is 10.2 Å². The Morgan fingerprint density at radius 3 is 2.56 bits per heavy atom. The Labute approximate surface area is 94.5 Å². The first-order valence-corrected chi connectivity index (χ1v) is 5.26. The summed E-state index contributed by atoms with van der Waals surface area (Å²) >= 11 is 0. The van der Waals surface area contributed by atoms with E-state index in [-0.39, 0.29) is 0 Å². The number of aryl methyl sites for hydroxylation is 2. The summed E-state index contributed by atoms with van der Waals surface area (Å²) in [6, 6.07) is 6.33. The molecule has 0 fully saturated rings. The van der Waals surface area contributed by atoms with Crippen molar-refractivity contribution in [3.05, 3.63) is 46.7 Å². The maximum Gasteiger partial charge on any atom is 0.230 e. The van der Waals surface area contributed by atoms with Gasteiger partial charge < -0.3 is 10.2 Å². The molecule has 4 heteroatoms. The highest BCUT2D eigenvalue weighted by molar-refractivity contribution is 5.31. The van der Waals surface area contributed by atoms with Crippen LogP contribution in [0.15, 0.2) is 22.6 Å². The van der Waals surface area contributed by atoms with Crippen LogP contribution < -0.4 is 5.73 Å². The number of nitrogens with zero attached hydrogens (tertiary/aromatic N) is 2. The predicted molar refractivity (Wildman–Crippen MR) is 60.9 cm³/mol. The molecule has 0 saturated heterocycles. The molecular formula is C12H15N3O. The normalized spacial score (nSPS) is 10.7. The van der Waals surface area contributed by atoms with Crippen molar-refractivity contribution >= 4 is 0 Å². The van der Waals surface area contributed by atoms with Crippen molar-refractivity contribution in [3.63, 3.8) is 0 Å². The fourth-order valence-corrected chi connectivity index (χ4v) is 1.65. The van der Waals surface area contributed by atoms with Gasteiger partial charge >= 0.3 is 0 Å². The van der Waals surface area contributed by atoms with Crippen LogP contribution in [-0.2, 0) is 13.0 Å². The molecule has 4 nitrogen and oxygen atoms in total. The molecule has 0 unspecified atom stereocenters. The molecule has 1 aromatic heterocycles. The van der Waals surface area contributed by atoms with E-state index in [1.54, 1.807) is 0 Å². The van der Waals surface area contributed by atoms with Gasteiger partial charge in [-0.25, -0.2) is 0 Å². The Morgan fingerprint density at radius 2 is 1.94 bits per heavy atom. The Hall–Kier alpha value is -1.68. The van der Waals surface area contributed by atoms with Crippen molar-refractivity contribution in [1.82, 2.24) is 10.2 Å². The van der Waals surface area contributed by atoms with E-state index in [1.165, 1.54) is 16.7 Å². The maximum atomic E-state index is 5.41. The third kappa shape index (κ3) is 2.28. The molecule has 2 aromatic rings. The van der Waals surface area contributed by atoms with Gasteiger partial charge in [0.2, 0.25) is 11.8 Å². The molecule has 0 aliphatic rings. The largest absolute Gasteiger partial charge is 0.424 e. The van der Waals surface area contributed by atoms with Crippen LogP contribution in [0.5, 0.6) is 0 Å². The Bertz CT molecular complexity index is 491. The molecule has 0 atom stereocenters. The minimum Gasteiger partial charge on any atom is -0.424 e. The second-order valence-corrected chi connectivity index (χ2v) is 3.90. The fraction of sp³-hybridized carbons (Fsp3) is 0.333. The summed E-state index contributed by atoms with van der Waals surface area (Å²) in [5.74, 6) is 1.10. The van der Waals surface area contributed by atoms with Crippen molar-refractivity contribution in [3.8, 4) is 0 Å². The molecule has 0 saturated carbocycles. The number of hydrogen-bond donors (Lipinski definition) is 1. The number of benzene rings is 1. The van der Waals surface area contributed by atoms with Crippen LogP contribution >= 0.6 is 0 Å². The second kappa shape index (κ2) is 4.45. The molecule has 84 valence electrons. The summed E-state index contributed by atoms with van der Waals surface area (Å²) in [7, 11) is 0. The standard InChI is InChI=1S/C12H15N3O/c1-8-3-4-10(9(2)5-8)6-11-14-15-12(7-13)16-11/h3-5H,6-7,13H2,1-2H3. The van der Waals surface area contributed by atoms with E-state index in [2.05, 4.69) is 42.2 Å². The van der Waals surface area contributed by atoms with E-state index in [9.17, 15) is 0 Å². The van der Waals surface area contributed by atoms with Crippen LogP contribution in [0.3, 0.4) is 0 Å². The van der Waals surface area contributed by atoms with Gasteiger partial charge in [-0.05, 0) is 25.0 Å². The molecule has 1 aromatic carbocycles. The molecule has 16 heavy (non-hydrogen) atoms. The third-order valence-electron chi connectivity index (χ3n) is 2.52. The van der Waals surface area contributed by atoms with Crippen molar-refractivity contribution in [1.29, 1.82) is 0 Å². The number of hydrogen-bond acceptors (Lipinski definition) is 4. The average molecular weight is 217 g/mol. The highest BCUT2D eigenvalue weighted by atomic mass is 16.4. The number of aromatic nitrogens is 2. The van der Waals surface area contributed by atoms with E-state index in [0.717, 1.165) is 0 Å². The first-order valence-electron chi connectivity index (χ1n) is 5.26. The van der Waals surface area contributed by atoms with Gasteiger partial charge in [0.05, 0.1) is 13.0 Å². The fourth-order valence-electron chi connectivity index (χ4n) is 1.65. The van der Waals surface area contributed by atoms with Gasteiger partial charge in [-0.1, -0.05) is 23.8 Å². The lowest BCUT2D eigenvalue weighted by Gasteiger charge is -2.03. The van der Waals surface area contributed by atoms with Crippen molar-refractivity contribution < 1.29 is 4.42 Å². The number of nitrogens with two attached hydrogens (primary N) is 1. The molecule has 0 bridgehead atoms. The van der Waals surface area contributed by atoms with Crippen molar-refractivity contribution in [2.75, 3.05) is 0 Å². The average Bonchev–Trinajstić information content (AvgIpc) is 2.70. The highest BCUT2D eigenvalue weighted by Gasteiger charge is 2.07. The maximum absolute atomic E-state index is 5.41. The van der Waals surface area contributed by atoms with Crippen LogP contribution in [0.4, 0.5) is 0 Å². The van der Waals surface area contributed by atoms with Gasteiger partial charge in [0.15, 0.2) is 0 Å². The topological polar surface area (TPSA) is 64.9 Å². The molecule has 1 heterocycles. The quantitative estimate of drug-likeness (QED) is 0.850. The van der Waals surface area contributed by atoms with E-state index in [0.29, 0.717) is 24.7 Å². The zero-order chi connectivity index (χ0) is 11.5. The molecule has 0 aliphatic heterocycles. The molecule has 0 radical (unpaired) electrons. The predicted octanol–water partition coefficient (Wildman–Crippen LogP) is 1.74. The molecular weight excluding hydrogens is 202 g/mol. The van der Waals surface area contributed by atoms with E-state index >= 15 is 0 Å². The zero-order valence-corrected chi connectivity index (χ0v) is 9.53. The molecule has 2 rings (SSSR count). The van der Waals surface area contributed by atoms with Gasteiger partial charge in [0, 0.05) is 0 Å². The lowest BCUT2D eigenvalue weighted by atomic mass is 10.0. The second-order valence-electron chi connectivity index (χ2n) is 3.90. The lowest BCUT2D eigenvalue weighted by Crippen LogP contribution is -1.95. The van der Waals surface area contributed by atoms with Crippen LogP contribution in [-0.4, -0.2) is 10.2 Å². The minimum atomic E-state index is 0.292. The number of rotatable bonds is 3. The SMILES string of the molecule is Cc1ccc(Cc2nnc(CN)o2)c(C)c1. The first kappa shape index (κ1) is 10.8. The van der Waals surface area contributed by atoms with Crippen molar-refractivity contribution in [2.24, 2.45) is 5.73 Å². The van der Waals surface area contributed by atoms with E-state index in [1.807, 2.05) is 0 Å². The third-order valence-corrected chi connectivity index (χ3v) is 2.52. The summed E-state index contributed by atoms with van der Waals surface area (Å²) in [5.41, 5.74) is 9.12. The molecule has 2 N–H and O–H groups in total. The Kier molecular flexibility index (Phi) is 3.01. The summed E-state index contributed by atoms with van der Waals surface area (Å²) in [6.07, 6.45) is 0.666. The van der Waals surface area contributed by atoms with Gasteiger partial charge in [-0.15, -0.1) is 10.2 Å². The zero-order valence-electron chi connectivity index (χ0n) is 9.53. The van der Waals surface area contributed by atoms with Gasteiger partial charge in [0.1, 0.15) is 0 Å². The Morgan fingerprint density at radius 1 is 1.19 bits per heavy atom. The monoisotopic (exact) mass is 217 g/mol. The Balaban J connectivity index is 2.20. The van der Waals surface area contributed by atoms with Crippen molar-refractivity contribution in [2.45, 2.75) is 26.8 Å². The minimum absolute atomic E-state index is 0.292.